The molecule has 2 fully saturated rings. The summed E-state index contributed by atoms with van der Waals surface area (Å²) < 4.78 is 11.9. The van der Waals surface area contributed by atoms with Gasteiger partial charge in [-0.25, -0.2) is 0 Å². The van der Waals surface area contributed by atoms with E-state index in [4.69, 9.17) is 9.47 Å². The fourth-order valence-corrected chi connectivity index (χ4v) is 4.65. The molecule has 1 atom stereocenters. The Bertz CT molecular complexity index is 652. The third-order valence-corrected chi connectivity index (χ3v) is 6.24. The molecule has 3 rings (SSSR count). The largest absolute Gasteiger partial charge is 0.376 e. The van der Waals surface area contributed by atoms with Crippen LogP contribution in [0.1, 0.15) is 54.4 Å². The van der Waals surface area contributed by atoms with Crippen LogP contribution in [0.3, 0.4) is 0 Å². The maximum Gasteiger partial charge on any atom is 0.193 e. The normalized spacial score (nSPS) is 21.4. The summed E-state index contributed by atoms with van der Waals surface area (Å²) in [4.78, 5) is 6.88. The monoisotopic (exact) mass is 401 g/mol. The highest BCUT2D eigenvalue weighted by atomic mass is 16.5. The fraction of sp³-hybridized carbons (Fsp3) is 0.708. The second-order valence-corrected chi connectivity index (χ2v) is 8.61. The molecule has 5 nitrogen and oxygen atoms in total. The molecule has 0 radical (unpaired) electrons. The topological polar surface area (TPSA) is 46.1 Å². The van der Waals surface area contributed by atoms with Crippen LogP contribution in [0.25, 0.3) is 0 Å². The van der Waals surface area contributed by atoms with E-state index in [0.717, 1.165) is 64.5 Å². The van der Waals surface area contributed by atoms with Crippen LogP contribution in [0.2, 0.25) is 0 Å². The molecule has 0 aromatic heterocycles. The molecule has 0 bridgehead atoms. The summed E-state index contributed by atoms with van der Waals surface area (Å²) in [5.74, 6) is 1.02. The summed E-state index contributed by atoms with van der Waals surface area (Å²) in [6.07, 6.45) is 7.43. The minimum atomic E-state index is 0.310. The third-order valence-electron chi connectivity index (χ3n) is 6.24. The van der Waals surface area contributed by atoms with Gasteiger partial charge in [0.05, 0.1) is 18.8 Å². The fourth-order valence-electron chi connectivity index (χ4n) is 4.65. The number of ether oxygens (including phenoxy) is 2. The van der Waals surface area contributed by atoms with Gasteiger partial charge in [-0.15, -0.1) is 0 Å². The van der Waals surface area contributed by atoms with Crippen LogP contribution in [-0.4, -0.2) is 63.0 Å². The molecule has 0 spiro atoms. The Balaban J connectivity index is 1.40. The van der Waals surface area contributed by atoms with Crippen molar-refractivity contribution in [2.75, 3.05) is 39.9 Å². The lowest BCUT2D eigenvalue weighted by molar-refractivity contribution is -0.0721. The number of likely N-dealkylation sites (tertiary alicyclic amines) is 1. The zero-order chi connectivity index (χ0) is 20.6. The van der Waals surface area contributed by atoms with Gasteiger partial charge in [-0.05, 0) is 76.0 Å². The quantitative estimate of drug-likeness (QED) is 0.582. The van der Waals surface area contributed by atoms with Crippen molar-refractivity contribution in [2.24, 2.45) is 4.99 Å². The van der Waals surface area contributed by atoms with Crippen LogP contribution >= 0.6 is 0 Å². The highest BCUT2D eigenvalue weighted by Crippen LogP contribution is 2.19. The number of piperidine rings is 1. The van der Waals surface area contributed by atoms with Gasteiger partial charge >= 0.3 is 0 Å². The first kappa shape index (κ1) is 22.1. The maximum atomic E-state index is 6.15. The Kier molecular flexibility index (Phi) is 8.37. The number of benzene rings is 1. The van der Waals surface area contributed by atoms with Crippen molar-refractivity contribution >= 4 is 5.96 Å². The van der Waals surface area contributed by atoms with Crippen LogP contribution in [0, 0.1) is 20.8 Å². The third kappa shape index (κ3) is 6.45. The van der Waals surface area contributed by atoms with Crippen LogP contribution in [0.15, 0.2) is 17.1 Å². The van der Waals surface area contributed by atoms with Crippen LogP contribution < -0.4 is 5.32 Å². The molecular formula is C24H39N3O2. The highest BCUT2D eigenvalue weighted by molar-refractivity contribution is 5.80. The van der Waals surface area contributed by atoms with E-state index in [2.05, 4.69) is 48.1 Å². The van der Waals surface area contributed by atoms with Crippen LogP contribution in [0.5, 0.6) is 0 Å². The number of hydrogen-bond acceptors (Lipinski definition) is 3. The van der Waals surface area contributed by atoms with Crippen molar-refractivity contribution in [3.63, 3.8) is 0 Å². The number of aliphatic imine (C=N–C) groups is 1. The second kappa shape index (κ2) is 11.0. The maximum absolute atomic E-state index is 6.15. The van der Waals surface area contributed by atoms with Crippen molar-refractivity contribution in [1.82, 2.24) is 10.2 Å². The number of rotatable bonds is 6. The second-order valence-electron chi connectivity index (χ2n) is 8.61. The van der Waals surface area contributed by atoms with Crippen molar-refractivity contribution in [3.8, 4) is 0 Å². The molecule has 0 saturated carbocycles. The zero-order valence-electron chi connectivity index (χ0n) is 18.8. The molecule has 2 aliphatic rings. The molecule has 29 heavy (non-hydrogen) atoms. The first-order chi connectivity index (χ1) is 14.1. The molecular weight excluding hydrogens is 362 g/mol. The van der Waals surface area contributed by atoms with E-state index in [1.54, 1.807) is 0 Å². The van der Waals surface area contributed by atoms with Crippen molar-refractivity contribution in [1.29, 1.82) is 0 Å². The molecule has 162 valence electrons. The van der Waals surface area contributed by atoms with E-state index in [0.29, 0.717) is 12.2 Å². The van der Waals surface area contributed by atoms with Crippen molar-refractivity contribution in [2.45, 2.75) is 71.5 Å². The van der Waals surface area contributed by atoms with E-state index in [-0.39, 0.29) is 0 Å². The van der Waals surface area contributed by atoms with Gasteiger partial charge in [0.25, 0.3) is 0 Å². The first-order valence-electron chi connectivity index (χ1n) is 11.3. The smallest absolute Gasteiger partial charge is 0.193 e. The summed E-state index contributed by atoms with van der Waals surface area (Å²) in [6, 6.07) is 4.56. The van der Waals surface area contributed by atoms with Gasteiger partial charge in [-0.1, -0.05) is 17.7 Å². The summed E-state index contributed by atoms with van der Waals surface area (Å²) in [5.41, 5.74) is 5.57. The Morgan fingerprint density at radius 2 is 1.86 bits per heavy atom. The van der Waals surface area contributed by atoms with Crippen molar-refractivity contribution in [3.05, 3.63) is 34.4 Å². The first-order valence-corrected chi connectivity index (χ1v) is 11.3. The molecule has 2 saturated heterocycles. The lowest BCUT2D eigenvalue weighted by Gasteiger charge is -2.35. The van der Waals surface area contributed by atoms with E-state index in [1.807, 2.05) is 7.05 Å². The minimum absolute atomic E-state index is 0.310. The summed E-state index contributed by atoms with van der Waals surface area (Å²) in [5, 5.41) is 3.57. The van der Waals surface area contributed by atoms with E-state index in [1.165, 1.54) is 35.1 Å². The molecule has 0 aliphatic carbocycles. The van der Waals surface area contributed by atoms with Crippen molar-refractivity contribution < 1.29 is 9.47 Å². The summed E-state index contributed by atoms with van der Waals surface area (Å²) in [7, 11) is 1.88. The van der Waals surface area contributed by atoms with Gasteiger partial charge in [0.1, 0.15) is 0 Å². The number of hydrogen-bond donors (Lipinski definition) is 1. The lowest BCUT2D eigenvalue weighted by atomic mass is 9.97. The lowest BCUT2D eigenvalue weighted by Crippen LogP contribution is -2.47. The number of aryl methyl sites for hydroxylation is 3. The van der Waals surface area contributed by atoms with Gasteiger partial charge in [0.15, 0.2) is 5.96 Å². The SMILES string of the molecule is CN=C(NCCc1c(C)cc(C)cc1C)N1CCC(OCC2CCCCO2)CC1. The summed E-state index contributed by atoms with van der Waals surface area (Å²) >= 11 is 0. The molecule has 5 heteroatoms. The van der Waals surface area contributed by atoms with Gasteiger partial charge in [-0.3, -0.25) is 4.99 Å². The predicted octanol–water partition coefficient (Wildman–Crippen LogP) is 3.78. The highest BCUT2D eigenvalue weighted by Gasteiger charge is 2.23. The van der Waals surface area contributed by atoms with E-state index in [9.17, 15) is 0 Å². The standard InChI is InChI=1S/C24H39N3O2/c1-18-15-19(2)23(20(3)16-18)8-11-26-24(25-4)27-12-9-21(10-13-27)29-17-22-7-5-6-14-28-22/h15-16,21-22H,5-14,17H2,1-4H3,(H,25,26). The number of nitrogens with one attached hydrogen (secondary N) is 1. The van der Waals surface area contributed by atoms with E-state index >= 15 is 0 Å². The van der Waals surface area contributed by atoms with Crippen LogP contribution in [-0.2, 0) is 15.9 Å². The molecule has 1 N–H and O–H groups in total. The average Bonchev–Trinajstić information content (AvgIpc) is 2.72. The molecule has 0 amide bonds. The van der Waals surface area contributed by atoms with Crippen LogP contribution in [0.4, 0.5) is 0 Å². The van der Waals surface area contributed by atoms with Gasteiger partial charge in [-0.2, -0.15) is 0 Å². The molecule has 1 unspecified atom stereocenters. The zero-order valence-corrected chi connectivity index (χ0v) is 18.8. The average molecular weight is 402 g/mol. The molecule has 1 aromatic carbocycles. The van der Waals surface area contributed by atoms with Gasteiger partial charge in [0.2, 0.25) is 0 Å². The number of guanidine groups is 1. The Labute approximate surface area is 176 Å². The Morgan fingerprint density at radius 3 is 2.48 bits per heavy atom. The van der Waals surface area contributed by atoms with Gasteiger partial charge in [0, 0.05) is 33.3 Å². The Hall–Kier alpha value is -1.59. The predicted molar refractivity (Wildman–Crippen MR) is 120 cm³/mol. The summed E-state index contributed by atoms with van der Waals surface area (Å²) in [6.45, 7) is 11.2. The molecule has 2 heterocycles. The molecule has 1 aromatic rings. The number of nitrogens with zero attached hydrogens (tertiary/aromatic N) is 2. The molecule has 2 aliphatic heterocycles. The van der Waals surface area contributed by atoms with Gasteiger partial charge < -0.3 is 19.7 Å². The Morgan fingerprint density at radius 1 is 1.14 bits per heavy atom. The van der Waals surface area contributed by atoms with E-state index < -0.39 is 0 Å². The minimum Gasteiger partial charge on any atom is -0.376 e.